The van der Waals surface area contributed by atoms with Crippen molar-refractivity contribution in [2.24, 2.45) is 5.92 Å². The van der Waals surface area contributed by atoms with Crippen LogP contribution in [0, 0.1) is 5.92 Å². The molecular weight excluding hydrogens is 406 g/mol. The molecule has 2 aliphatic rings. The predicted molar refractivity (Wildman–Crippen MR) is 119 cm³/mol. The molecule has 0 radical (unpaired) electrons. The number of fused-ring (bicyclic) bond motifs is 1. The summed E-state index contributed by atoms with van der Waals surface area (Å²) >= 11 is 0. The first-order chi connectivity index (χ1) is 15.7. The van der Waals surface area contributed by atoms with E-state index >= 15 is 0 Å². The second-order valence-electron chi connectivity index (χ2n) is 9.04. The number of hydrogen-bond donors (Lipinski definition) is 1. The third-order valence-electron chi connectivity index (χ3n) is 6.65. The normalized spacial score (nSPS) is 20.1. The number of piperidine rings is 1. The number of carbonyl (C=O) groups excluding carboxylic acids is 1. The number of aromatic amines is 1. The minimum atomic E-state index is 0.235. The number of benzene rings is 1. The van der Waals surface area contributed by atoms with E-state index in [1.807, 2.05) is 29.2 Å². The van der Waals surface area contributed by atoms with Crippen molar-refractivity contribution in [2.75, 3.05) is 26.3 Å². The van der Waals surface area contributed by atoms with E-state index in [2.05, 4.69) is 20.1 Å². The summed E-state index contributed by atoms with van der Waals surface area (Å²) in [5.41, 5.74) is 2.03. The van der Waals surface area contributed by atoms with E-state index in [1.165, 1.54) is 0 Å². The summed E-state index contributed by atoms with van der Waals surface area (Å²) in [4.78, 5) is 27.4. The van der Waals surface area contributed by atoms with Gasteiger partial charge in [-0.25, -0.2) is 4.98 Å². The van der Waals surface area contributed by atoms with Crippen molar-refractivity contribution in [3.63, 3.8) is 0 Å². The Balaban J connectivity index is 1.09. The molecule has 2 saturated heterocycles. The smallest absolute Gasteiger partial charge is 0.226 e. The number of rotatable bonds is 7. The fourth-order valence-corrected chi connectivity index (χ4v) is 4.87. The van der Waals surface area contributed by atoms with Crippen LogP contribution in [0.3, 0.4) is 0 Å². The summed E-state index contributed by atoms with van der Waals surface area (Å²) < 4.78 is 11.0. The molecule has 1 unspecified atom stereocenters. The number of amides is 1. The van der Waals surface area contributed by atoms with E-state index in [-0.39, 0.29) is 5.91 Å². The molecule has 8 nitrogen and oxygen atoms in total. The highest BCUT2D eigenvalue weighted by molar-refractivity contribution is 5.76. The highest BCUT2D eigenvalue weighted by atomic mass is 16.5. The Morgan fingerprint density at radius 1 is 1.16 bits per heavy atom. The molecule has 3 aromatic rings. The molecule has 1 atom stereocenters. The Kier molecular flexibility index (Phi) is 6.48. The number of nitrogens with one attached hydrogen (secondary N) is 1. The fourth-order valence-electron chi connectivity index (χ4n) is 4.87. The van der Waals surface area contributed by atoms with E-state index < -0.39 is 0 Å². The molecule has 1 amide bonds. The van der Waals surface area contributed by atoms with Crippen molar-refractivity contribution >= 4 is 16.9 Å². The second-order valence-corrected chi connectivity index (χ2v) is 9.04. The molecule has 32 heavy (non-hydrogen) atoms. The first-order valence-electron chi connectivity index (χ1n) is 11.9. The Bertz CT molecular complexity index is 1010. The van der Waals surface area contributed by atoms with Crippen molar-refractivity contribution in [3.8, 4) is 0 Å². The summed E-state index contributed by atoms with van der Waals surface area (Å²) in [6.45, 7) is 3.16. The van der Waals surface area contributed by atoms with Crippen molar-refractivity contribution in [1.82, 2.24) is 25.0 Å². The van der Waals surface area contributed by atoms with Crippen LogP contribution in [0.25, 0.3) is 11.0 Å². The summed E-state index contributed by atoms with van der Waals surface area (Å²) in [7, 11) is 0. The molecule has 0 aliphatic carbocycles. The van der Waals surface area contributed by atoms with Gasteiger partial charge in [0.2, 0.25) is 11.8 Å². The molecule has 2 aliphatic heterocycles. The van der Waals surface area contributed by atoms with Crippen LogP contribution in [0.2, 0.25) is 0 Å². The number of aryl methyl sites for hydroxylation is 1. The van der Waals surface area contributed by atoms with E-state index in [0.29, 0.717) is 24.1 Å². The van der Waals surface area contributed by atoms with Gasteiger partial charge in [0, 0.05) is 51.5 Å². The molecule has 5 rings (SSSR count). The SMILES string of the molecule is O=C(CCCc1nc2ccccc2[nH]1)N1CCCC(Cc2nc(C3CCOCC3)no2)C1. The molecule has 170 valence electrons. The zero-order valence-corrected chi connectivity index (χ0v) is 18.5. The number of likely N-dealkylation sites (tertiary alicyclic amines) is 1. The highest BCUT2D eigenvalue weighted by Gasteiger charge is 2.26. The number of nitrogens with zero attached hydrogens (tertiary/aromatic N) is 4. The zero-order chi connectivity index (χ0) is 21.8. The van der Waals surface area contributed by atoms with Gasteiger partial charge in [0.25, 0.3) is 0 Å². The lowest BCUT2D eigenvalue weighted by Gasteiger charge is -2.32. The zero-order valence-electron chi connectivity index (χ0n) is 18.5. The Morgan fingerprint density at radius 3 is 2.91 bits per heavy atom. The van der Waals surface area contributed by atoms with E-state index in [1.54, 1.807) is 0 Å². The summed E-state index contributed by atoms with van der Waals surface area (Å²) in [6, 6.07) is 8.02. The molecule has 2 aromatic heterocycles. The monoisotopic (exact) mass is 437 g/mol. The largest absolute Gasteiger partial charge is 0.381 e. The van der Waals surface area contributed by atoms with Crippen LogP contribution in [0.15, 0.2) is 28.8 Å². The molecule has 1 aromatic carbocycles. The van der Waals surface area contributed by atoms with Gasteiger partial charge in [-0.2, -0.15) is 4.98 Å². The lowest BCUT2D eigenvalue weighted by atomic mass is 9.94. The van der Waals surface area contributed by atoms with E-state index in [9.17, 15) is 4.79 Å². The lowest BCUT2D eigenvalue weighted by molar-refractivity contribution is -0.133. The number of carbonyl (C=O) groups is 1. The van der Waals surface area contributed by atoms with Crippen molar-refractivity contribution in [3.05, 3.63) is 41.8 Å². The maximum atomic E-state index is 12.8. The molecule has 1 N–H and O–H groups in total. The van der Waals surface area contributed by atoms with Gasteiger partial charge in [0.1, 0.15) is 5.82 Å². The third kappa shape index (κ3) is 5.01. The molecule has 8 heteroatoms. The first-order valence-corrected chi connectivity index (χ1v) is 11.9. The Morgan fingerprint density at radius 2 is 2.03 bits per heavy atom. The summed E-state index contributed by atoms with van der Waals surface area (Å²) in [5.74, 6) is 3.43. The van der Waals surface area contributed by atoms with Gasteiger partial charge in [-0.1, -0.05) is 17.3 Å². The van der Waals surface area contributed by atoms with Crippen LogP contribution in [0.1, 0.15) is 62.0 Å². The molecule has 0 saturated carbocycles. The first kappa shape index (κ1) is 21.1. The van der Waals surface area contributed by atoms with Crippen LogP contribution < -0.4 is 0 Å². The molecule has 0 bridgehead atoms. The van der Waals surface area contributed by atoms with Crippen molar-refractivity contribution in [1.29, 1.82) is 0 Å². The minimum Gasteiger partial charge on any atom is -0.381 e. The highest BCUT2D eigenvalue weighted by Crippen LogP contribution is 2.26. The Hall–Kier alpha value is -2.74. The number of hydrogen-bond acceptors (Lipinski definition) is 6. The number of ether oxygens (including phenoxy) is 1. The molecule has 0 spiro atoms. The fraction of sp³-hybridized carbons (Fsp3) is 0.583. The van der Waals surface area contributed by atoms with Crippen LogP contribution in [-0.4, -0.2) is 57.2 Å². The molecule has 4 heterocycles. The maximum absolute atomic E-state index is 12.8. The third-order valence-corrected chi connectivity index (χ3v) is 6.65. The second kappa shape index (κ2) is 9.81. The predicted octanol–water partition coefficient (Wildman–Crippen LogP) is 3.64. The van der Waals surface area contributed by atoms with Gasteiger partial charge in [0.15, 0.2) is 5.82 Å². The lowest BCUT2D eigenvalue weighted by Crippen LogP contribution is -2.40. The number of para-hydroxylation sites is 2. The van der Waals surface area contributed by atoms with E-state index in [0.717, 1.165) is 93.9 Å². The average molecular weight is 438 g/mol. The van der Waals surface area contributed by atoms with Gasteiger partial charge in [0.05, 0.1) is 11.0 Å². The molecule has 2 fully saturated rings. The summed E-state index contributed by atoms with van der Waals surface area (Å²) in [5, 5.41) is 4.21. The van der Waals surface area contributed by atoms with Gasteiger partial charge < -0.3 is 19.1 Å². The number of imidazole rings is 1. The van der Waals surface area contributed by atoms with Gasteiger partial charge >= 0.3 is 0 Å². The summed E-state index contributed by atoms with van der Waals surface area (Å²) in [6.07, 6.45) is 6.93. The number of H-pyrrole nitrogens is 1. The Labute approximate surface area is 187 Å². The van der Waals surface area contributed by atoms with Crippen LogP contribution in [0.4, 0.5) is 0 Å². The minimum absolute atomic E-state index is 0.235. The topological polar surface area (TPSA) is 97.1 Å². The van der Waals surface area contributed by atoms with Crippen LogP contribution >= 0.6 is 0 Å². The van der Waals surface area contributed by atoms with Crippen LogP contribution in [-0.2, 0) is 22.4 Å². The van der Waals surface area contributed by atoms with Crippen LogP contribution in [0.5, 0.6) is 0 Å². The standard InChI is InChI=1S/C24H31N5O3/c30-23(9-3-8-21-25-19-6-1-2-7-20(19)26-21)29-12-4-5-17(16-29)15-22-27-24(28-32-22)18-10-13-31-14-11-18/h1-2,6-7,17-18H,3-5,8-16H2,(H,25,26). The van der Waals surface area contributed by atoms with Gasteiger partial charge in [-0.3, -0.25) is 4.79 Å². The average Bonchev–Trinajstić information content (AvgIpc) is 3.46. The maximum Gasteiger partial charge on any atom is 0.226 e. The van der Waals surface area contributed by atoms with Gasteiger partial charge in [-0.15, -0.1) is 0 Å². The van der Waals surface area contributed by atoms with Crippen molar-refractivity contribution < 1.29 is 14.1 Å². The molecular formula is C24H31N5O3. The number of aromatic nitrogens is 4. The van der Waals surface area contributed by atoms with E-state index in [4.69, 9.17) is 9.26 Å². The van der Waals surface area contributed by atoms with Crippen molar-refractivity contribution in [2.45, 2.75) is 57.3 Å². The van der Waals surface area contributed by atoms with Gasteiger partial charge in [-0.05, 0) is 50.2 Å². The quantitative estimate of drug-likeness (QED) is 0.606.